The lowest BCUT2D eigenvalue weighted by molar-refractivity contribution is -0.111. The Morgan fingerprint density at radius 1 is 1.13 bits per heavy atom. The second-order valence-corrected chi connectivity index (χ2v) is 7.22. The zero-order valence-electron chi connectivity index (χ0n) is 17.3. The number of rotatable bonds is 7. The topological polar surface area (TPSA) is 73.2 Å². The number of anilines is 1. The van der Waals surface area contributed by atoms with Crippen LogP contribution < -0.4 is 5.32 Å². The highest BCUT2D eigenvalue weighted by Gasteiger charge is 2.12. The van der Waals surface area contributed by atoms with Crippen LogP contribution in [0.15, 0.2) is 67.0 Å². The average molecular weight is 403 g/mol. The molecular weight excluding hydrogens is 378 g/mol. The van der Waals surface area contributed by atoms with Crippen LogP contribution in [-0.2, 0) is 16.1 Å². The summed E-state index contributed by atoms with van der Waals surface area (Å²) in [5.74, 6) is -0.155. The highest BCUT2D eigenvalue weighted by molar-refractivity contribution is 6.01. The van der Waals surface area contributed by atoms with Crippen LogP contribution in [0.3, 0.4) is 0 Å². The number of carbonyl (C=O) groups excluding carboxylic acids is 2. The summed E-state index contributed by atoms with van der Waals surface area (Å²) in [6.45, 7) is 4.68. The highest BCUT2D eigenvalue weighted by atomic mass is 16.5. The zero-order valence-corrected chi connectivity index (χ0v) is 17.3. The standard InChI is InChI=1S/C24H25N3O3/c1-17(2)19-11-8-18(9-12-19)10-13-23(28)26-21-14-25-27(16-21)15-20-6-4-5-7-22(20)24(29)30-3/h4-14,16-17H,15H2,1-3H3,(H,26,28)/b13-10+. The molecule has 0 fully saturated rings. The number of benzene rings is 2. The predicted molar refractivity (Wildman–Crippen MR) is 117 cm³/mol. The molecule has 2 aromatic carbocycles. The molecule has 0 radical (unpaired) electrons. The molecule has 0 saturated carbocycles. The molecule has 6 heteroatoms. The number of ether oxygens (including phenoxy) is 1. The van der Waals surface area contributed by atoms with Gasteiger partial charge < -0.3 is 10.1 Å². The summed E-state index contributed by atoms with van der Waals surface area (Å²) in [5, 5.41) is 7.06. The van der Waals surface area contributed by atoms with Gasteiger partial charge in [0, 0.05) is 12.3 Å². The number of nitrogens with zero attached hydrogens (tertiary/aromatic N) is 2. The Morgan fingerprint density at radius 3 is 2.57 bits per heavy atom. The van der Waals surface area contributed by atoms with Gasteiger partial charge in [-0.2, -0.15) is 5.10 Å². The number of methoxy groups -OCH3 is 1. The second-order valence-electron chi connectivity index (χ2n) is 7.22. The maximum Gasteiger partial charge on any atom is 0.338 e. The van der Waals surface area contributed by atoms with E-state index in [-0.39, 0.29) is 5.91 Å². The van der Waals surface area contributed by atoms with E-state index in [1.165, 1.54) is 18.7 Å². The largest absolute Gasteiger partial charge is 0.465 e. The molecule has 0 saturated heterocycles. The van der Waals surface area contributed by atoms with E-state index < -0.39 is 5.97 Å². The second kappa shape index (κ2) is 9.69. The molecule has 0 unspecified atom stereocenters. The first-order chi connectivity index (χ1) is 14.5. The SMILES string of the molecule is COC(=O)c1ccccc1Cn1cc(NC(=O)/C=C/c2ccc(C(C)C)cc2)cn1. The van der Waals surface area contributed by atoms with Gasteiger partial charge in [-0.3, -0.25) is 9.48 Å². The average Bonchev–Trinajstić information content (AvgIpc) is 3.19. The number of amides is 1. The zero-order chi connectivity index (χ0) is 21.5. The van der Waals surface area contributed by atoms with Crippen molar-refractivity contribution in [1.82, 2.24) is 9.78 Å². The third kappa shape index (κ3) is 5.44. The fraction of sp³-hybridized carbons (Fsp3) is 0.208. The molecule has 0 bridgehead atoms. The Bertz CT molecular complexity index is 1050. The van der Waals surface area contributed by atoms with E-state index in [2.05, 4.69) is 36.4 Å². The highest BCUT2D eigenvalue weighted by Crippen LogP contribution is 2.16. The Balaban J connectivity index is 1.61. The molecule has 0 spiro atoms. The van der Waals surface area contributed by atoms with Gasteiger partial charge in [0.1, 0.15) is 0 Å². The van der Waals surface area contributed by atoms with Crippen molar-refractivity contribution in [2.45, 2.75) is 26.3 Å². The molecule has 1 N–H and O–H groups in total. The Labute approximate surface area is 176 Å². The third-order valence-electron chi connectivity index (χ3n) is 4.69. The van der Waals surface area contributed by atoms with E-state index >= 15 is 0 Å². The van der Waals surface area contributed by atoms with Gasteiger partial charge >= 0.3 is 5.97 Å². The summed E-state index contributed by atoms with van der Waals surface area (Å²) in [5.41, 5.74) is 4.08. The van der Waals surface area contributed by atoms with E-state index in [4.69, 9.17) is 4.74 Å². The first kappa shape index (κ1) is 21.0. The van der Waals surface area contributed by atoms with Gasteiger partial charge in [-0.15, -0.1) is 0 Å². The predicted octanol–water partition coefficient (Wildman–Crippen LogP) is 4.49. The van der Waals surface area contributed by atoms with Gasteiger partial charge in [0.25, 0.3) is 0 Å². The van der Waals surface area contributed by atoms with Gasteiger partial charge in [0.2, 0.25) is 5.91 Å². The molecular formula is C24H25N3O3. The number of esters is 1. The van der Waals surface area contributed by atoms with E-state index in [0.717, 1.165) is 11.1 Å². The Kier molecular flexibility index (Phi) is 6.80. The molecule has 3 aromatic rings. The van der Waals surface area contributed by atoms with Gasteiger partial charge in [-0.1, -0.05) is 56.3 Å². The van der Waals surface area contributed by atoms with Crippen molar-refractivity contribution in [3.05, 3.63) is 89.3 Å². The van der Waals surface area contributed by atoms with Crippen molar-refractivity contribution in [2.75, 3.05) is 12.4 Å². The fourth-order valence-corrected chi connectivity index (χ4v) is 3.00. The molecule has 0 aliphatic heterocycles. The smallest absolute Gasteiger partial charge is 0.338 e. The van der Waals surface area contributed by atoms with Gasteiger partial charge in [-0.25, -0.2) is 4.79 Å². The molecule has 0 atom stereocenters. The number of hydrogen-bond acceptors (Lipinski definition) is 4. The van der Waals surface area contributed by atoms with Crippen LogP contribution in [0, 0.1) is 0 Å². The van der Waals surface area contributed by atoms with Crippen LogP contribution in [0.1, 0.15) is 46.8 Å². The lowest BCUT2D eigenvalue weighted by Crippen LogP contribution is -2.09. The summed E-state index contributed by atoms with van der Waals surface area (Å²) in [6, 6.07) is 15.3. The minimum atomic E-state index is -0.391. The minimum Gasteiger partial charge on any atom is -0.465 e. The quantitative estimate of drug-likeness (QED) is 0.466. The van der Waals surface area contributed by atoms with Gasteiger partial charge in [0.15, 0.2) is 0 Å². The maximum atomic E-state index is 12.2. The molecule has 0 aliphatic rings. The van der Waals surface area contributed by atoms with Crippen molar-refractivity contribution in [3.8, 4) is 0 Å². The number of nitrogens with one attached hydrogen (secondary N) is 1. The van der Waals surface area contributed by atoms with Crippen molar-refractivity contribution in [3.63, 3.8) is 0 Å². The number of carbonyl (C=O) groups is 2. The molecule has 1 heterocycles. The monoisotopic (exact) mass is 403 g/mol. The summed E-state index contributed by atoms with van der Waals surface area (Å²) in [6.07, 6.45) is 6.56. The van der Waals surface area contributed by atoms with Crippen LogP contribution in [0.2, 0.25) is 0 Å². The summed E-state index contributed by atoms with van der Waals surface area (Å²) < 4.78 is 6.48. The summed E-state index contributed by atoms with van der Waals surface area (Å²) >= 11 is 0. The first-order valence-electron chi connectivity index (χ1n) is 9.74. The molecule has 1 aromatic heterocycles. The number of aromatic nitrogens is 2. The van der Waals surface area contributed by atoms with Crippen molar-refractivity contribution >= 4 is 23.6 Å². The first-order valence-corrected chi connectivity index (χ1v) is 9.74. The van der Waals surface area contributed by atoms with Gasteiger partial charge in [-0.05, 0) is 34.8 Å². The van der Waals surface area contributed by atoms with E-state index in [1.807, 2.05) is 24.3 Å². The Morgan fingerprint density at radius 2 is 1.87 bits per heavy atom. The van der Waals surface area contributed by atoms with E-state index in [9.17, 15) is 9.59 Å². The van der Waals surface area contributed by atoms with Gasteiger partial charge in [0.05, 0.1) is 31.1 Å². The van der Waals surface area contributed by atoms with Crippen LogP contribution in [-0.4, -0.2) is 28.8 Å². The van der Waals surface area contributed by atoms with Crippen LogP contribution in [0.5, 0.6) is 0 Å². The number of hydrogen-bond donors (Lipinski definition) is 1. The summed E-state index contributed by atoms with van der Waals surface area (Å²) in [4.78, 5) is 24.1. The molecule has 154 valence electrons. The lowest BCUT2D eigenvalue weighted by atomic mass is 10.0. The minimum absolute atomic E-state index is 0.238. The van der Waals surface area contributed by atoms with Crippen molar-refractivity contribution < 1.29 is 14.3 Å². The van der Waals surface area contributed by atoms with Crippen molar-refractivity contribution in [1.29, 1.82) is 0 Å². The molecule has 3 rings (SSSR count). The normalized spacial score (nSPS) is 11.1. The van der Waals surface area contributed by atoms with E-state index in [0.29, 0.717) is 23.7 Å². The molecule has 1 amide bonds. The molecule has 0 aliphatic carbocycles. The van der Waals surface area contributed by atoms with E-state index in [1.54, 1.807) is 35.3 Å². The van der Waals surface area contributed by atoms with Crippen LogP contribution >= 0.6 is 0 Å². The third-order valence-corrected chi connectivity index (χ3v) is 4.69. The maximum absolute atomic E-state index is 12.2. The van der Waals surface area contributed by atoms with Crippen molar-refractivity contribution in [2.24, 2.45) is 0 Å². The fourth-order valence-electron chi connectivity index (χ4n) is 3.00. The van der Waals surface area contributed by atoms with Crippen LogP contribution in [0.25, 0.3) is 6.08 Å². The molecule has 6 nitrogen and oxygen atoms in total. The Hall–Kier alpha value is -3.67. The summed E-state index contributed by atoms with van der Waals surface area (Å²) in [7, 11) is 1.35. The molecule has 30 heavy (non-hydrogen) atoms. The lowest BCUT2D eigenvalue weighted by Gasteiger charge is -2.07. The van der Waals surface area contributed by atoms with Crippen LogP contribution in [0.4, 0.5) is 5.69 Å².